The second-order valence-corrected chi connectivity index (χ2v) is 7.43. The molecule has 0 saturated carbocycles. The molecule has 24 heavy (non-hydrogen) atoms. The summed E-state index contributed by atoms with van der Waals surface area (Å²) >= 11 is 13.7. The van der Waals surface area contributed by atoms with Gasteiger partial charge in [-0.05, 0) is 42.2 Å². The largest absolute Gasteiger partial charge is 0.304 e. The van der Waals surface area contributed by atoms with Gasteiger partial charge in [-0.1, -0.05) is 66.2 Å². The Morgan fingerprint density at radius 1 is 1.17 bits per heavy atom. The normalized spacial score (nSPS) is 18.9. The molecule has 1 aliphatic rings. The van der Waals surface area contributed by atoms with Crippen molar-refractivity contribution in [2.45, 2.75) is 25.0 Å². The number of aliphatic imine (C=N–C) groups is 1. The lowest BCUT2D eigenvalue weighted by atomic mass is 10.1. The van der Waals surface area contributed by atoms with Gasteiger partial charge in [-0.15, -0.1) is 0 Å². The predicted molar refractivity (Wildman–Crippen MR) is 103 cm³/mol. The van der Waals surface area contributed by atoms with Crippen LogP contribution in [0.25, 0.3) is 0 Å². The van der Waals surface area contributed by atoms with Gasteiger partial charge in [0.2, 0.25) is 5.91 Å². The van der Waals surface area contributed by atoms with E-state index in [0.717, 1.165) is 17.7 Å². The van der Waals surface area contributed by atoms with Crippen LogP contribution in [-0.4, -0.2) is 16.3 Å². The second-order valence-electron chi connectivity index (χ2n) is 5.45. The van der Waals surface area contributed by atoms with Crippen molar-refractivity contribution in [3.05, 3.63) is 63.6 Å². The predicted octanol–water partition coefficient (Wildman–Crippen LogP) is 5.02. The van der Waals surface area contributed by atoms with Crippen LogP contribution in [0.5, 0.6) is 0 Å². The van der Waals surface area contributed by atoms with Crippen LogP contribution in [0.4, 0.5) is 5.69 Å². The summed E-state index contributed by atoms with van der Waals surface area (Å²) in [5.41, 5.74) is 2.96. The van der Waals surface area contributed by atoms with E-state index >= 15 is 0 Å². The lowest BCUT2D eigenvalue weighted by Crippen LogP contribution is -2.26. The van der Waals surface area contributed by atoms with E-state index in [1.807, 2.05) is 36.4 Å². The van der Waals surface area contributed by atoms with Crippen molar-refractivity contribution in [3.8, 4) is 0 Å². The number of halogens is 2. The van der Waals surface area contributed by atoms with Crippen LogP contribution in [0.2, 0.25) is 10.0 Å². The summed E-state index contributed by atoms with van der Waals surface area (Å²) in [5.74, 6) is -0.0556. The zero-order valence-corrected chi connectivity index (χ0v) is 15.4. The summed E-state index contributed by atoms with van der Waals surface area (Å²) < 4.78 is 0. The Morgan fingerprint density at radius 2 is 1.92 bits per heavy atom. The zero-order chi connectivity index (χ0) is 17.1. The van der Waals surface area contributed by atoms with Gasteiger partial charge in [0.15, 0.2) is 5.17 Å². The molecule has 3 rings (SSSR count). The van der Waals surface area contributed by atoms with E-state index in [1.54, 1.807) is 6.07 Å². The fourth-order valence-electron chi connectivity index (χ4n) is 2.42. The van der Waals surface area contributed by atoms with Gasteiger partial charge < -0.3 is 5.32 Å². The molecule has 2 aromatic carbocycles. The summed E-state index contributed by atoms with van der Waals surface area (Å²) in [4.78, 5) is 16.7. The van der Waals surface area contributed by atoms with Crippen LogP contribution in [0.3, 0.4) is 0 Å². The van der Waals surface area contributed by atoms with E-state index < -0.39 is 0 Å². The molecule has 0 radical (unpaired) electrons. The first kappa shape index (κ1) is 17.3. The van der Waals surface area contributed by atoms with Crippen LogP contribution in [0.15, 0.2) is 47.5 Å². The average molecular weight is 379 g/mol. The lowest BCUT2D eigenvalue weighted by Gasteiger charge is -2.08. The maximum absolute atomic E-state index is 12.2. The average Bonchev–Trinajstić information content (AvgIpc) is 2.92. The van der Waals surface area contributed by atoms with Crippen LogP contribution in [-0.2, 0) is 17.6 Å². The molecule has 1 amide bonds. The van der Waals surface area contributed by atoms with Crippen molar-refractivity contribution in [2.75, 3.05) is 0 Å². The number of benzene rings is 2. The van der Waals surface area contributed by atoms with Crippen LogP contribution in [0.1, 0.15) is 18.1 Å². The van der Waals surface area contributed by atoms with Gasteiger partial charge in [0.25, 0.3) is 0 Å². The fraction of sp³-hybridized carbons (Fsp3) is 0.222. The molecule has 2 aromatic rings. The molecule has 1 saturated heterocycles. The van der Waals surface area contributed by atoms with Gasteiger partial charge >= 0.3 is 0 Å². The second kappa shape index (κ2) is 7.60. The number of nitrogens with zero attached hydrogens (tertiary/aromatic N) is 1. The van der Waals surface area contributed by atoms with E-state index in [4.69, 9.17) is 23.2 Å². The van der Waals surface area contributed by atoms with Crippen molar-refractivity contribution in [1.82, 2.24) is 5.32 Å². The van der Waals surface area contributed by atoms with Crippen molar-refractivity contribution in [1.29, 1.82) is 0 Å². The Bertz CT molecular complexity index is 790. The van der Waals surface area contributed by atoms with Gasteiger partial charge in [0.05, 0.1) is 21.0 Å². The third-order valence-corrected chi connectivity index (χ3v) is 5.73. The number of carbonyl (C=O) groups excluding carboxylic acids is 1. The molecule has 124 valence electrons. The zero-order valence-electron chi connectivity index (χ0n) is 13.1. The molecule has 6 heteroatoms. The molecule has 0 bridgehead atoms. The summed E-state index contributed by atoms with van der Waals surface area (Å²) in [5, 5.41) is 4.21. The Hall–Kier alpha value is -1.49. The standard InChI is InChI=1S/C18H16Cl2N2OS/c1-2-11-6-8-13(9-7-11)21-18-22-17(23)15(24-18)10-12-4-3-5-14(19)16(12)20/h3-9,15H,2,10H2,1H3,(H,21,22,23). The van der Waals surface area contributed by atoms with Gasteiger partial charge in [-0.3, -0.25) is 4.79 Å². The highest BCUT2D eigenvalue weighted by atomic mass is 35.5. The third-order valence-electron chi connectivity index (χ3n) is 3.79. The molecule has 0 aliphatic carbocycles. The smallest absolute Gasteiger partial charge is 0.239 e. The summed E-state index contributed by atoms with van der Waals surface area (Å²) in [6, 6.07) is 13.5. The van der Waals surface area contributed by atoms with Gasteiger partial charge in [0.1, 0.15) is 0 Å². The minimum atomic E-state index is -0.255. The fourth-order valence-corrected chi connectivity index (χ4v) is 3.83. The van der Waals surface area contributed by atoms with Crippen molar-refractivity contribution in [2.24, 2.45) is 4.99 Å². The third kappa shape index (κ3) is 3.94. The molecular formula is C18H16Cl2N2OS. The highest BCUT2D eigenvalue weighted by molar-refractivity contribution is 8.15. The Morgan fingerprint density at radius 3 is 2.62 bits per heavy atom. The Labute approximate surface area is 155 Å². The molecule has 1 aliphatic heterocycles. The number of hydrogen-bond acceptors (Lipinski definition) is 3. The number of hydrogen-bond donors (Lipinski definition) is 1. The van der Waals surface area contributed by atoms with E-state index in [-0.39, 0.29) is 11.2 Å². The number of thioether (sulfide) groups is 1. The maximum Gasteiger partial charge on any atom is 0.239 e. The molecule has 0 aromatic heterocycles. The van der Waals surface area contributed by atoms with Gasteiger partial charge in [-0.25, -0.2) is 4.99 Å². The molecule has 1 fully saturated rings. The SMILES string of the molecule is CCc1ccc(N=C2NC(=O)C(Cc3cccc(Cl)c3Cl)S2)cc1. The number of nitrogens with one attached hydrogen (secondary N) is 1. The molecule has 1 atom stereocenters. The molecule has 1 N–H and O–H groups in total. The molecule has 1 unspecified atom stereocenters. The first-order valence-corrected chi connectivity index (χ1v) is 9.28. The maximum atomic E-state index is 12.2. The topological polar surface area (TPSA) is 41.5 Å². The van der Waals surface area contributed by atoms with Crippen LogP contribution in [0, 0.1) is 0 Å². The highest BCUT2D eigenvalue weighted by Crippen LogP contribution is 2.31. The van der Waals surface area contributed by atoms with Gasteiger partial charge in [-0.2, -0.15) is 0 Å². The van der Waals surface area contributed by atoms with E-state index in [0.29, 0.717) is 21.6 Å². The van der Waals surface area contributed by atoms with Crippen molar-refractivity contribution >= 4 is 51.7 Å². The molecular weight excluding hydrogens is 363 g/mol. The highest BCUT2D eigenvalue weighted by Gasteiger charge is 2.31. The molecule has 3 nitrogen and oxygen atoms in total. The van der Waals surface area contributed by atoms with Gasteiger partial charge in [0, 0.05) is 0 Å². The van der Waals surface area contributed by atoms with Crippen molar-refractivity contribution in [3.63, 3.8) is 0 Å². The minimum Gasteiger partial charge on any atom is -0.304 e. The summed E-state index contributed by atoms with van der Waals surface area (Å²) in [6.07, 6.45) is 1.51. The van der Waals surface area contributed by atoms with Crippen LogP contribution < -0.4 is 5.32 Å². The number of amides is 1. The number of rotatable bonds is 4. The van der Waals surface area contributed by atoms with E-state index in [1.165, 1.54) is 17.3 Å². The lowest BCUT2D eigenvalue weighted by molar-refractivity contribution is -0.118. The number of aryl methyl sites for hydroxylation is 1. The van der Waals surface area contributed by atoms with E-state index in [2.05, 4.69) is 17.2 Å². The first-order valence-electron chi connectivity index (χ1n) is 7.65. The number of amidine groups is 1. The quantitative estimate of drug-likeness (QED) is 0.811. The van der Waals surface area contributed by atoms with E-state index in [9.17, 15) is 4.79 Å². The monoisotopic (exact) mass is 378 g/mol. The summed E-state index contributed by atoms with van der Waals surface area (Å²) in [6.45, 7) is 2.11. The summed E-state index contributed by atoms with van der Waals surface area (Å²) in [7, 11) is 0. The Kier molecular flexibility index (Phi) is 5.49. The Balaban J connectivity index is 1.73. The molecule has 0 spiro atoms. The van der Waals surface area contributed by atoms with Crippen LogP contribution >= 0.6 is 35.0 Å². The molecule has 1 heterocycles. The minimum absolute atomic E-state index is 0.0556. The first-order chi connectivity index (χ1) is 11.6. The number of carbonyl (C=O) groups is 1. The van der Waals surface area contributed by atoms with Crippen molar-refractivity contribution < 1.29 is 4.79 Å².